The van der Waals surface area contributed by atoms with E-state index in [1.807, 2.05) is 13.0 Å². The number of carbonyl (C=O) groups is 1. The SMILES string of the molecule is Cc1cccc(S(=O)(=O)NCCC(=O)N2CCC(n3nccn3)CC2)c1. The van der Waals surface area contributed by atoms with Crippen LogP contribution in [0.25, 0.3) is 0 Å². The molecule has 2 aromatic rings. The third kappa shape index (κ3) is 4.47. The van der Waals surface area contributed by atoms with Crippen molar-refractivity contribution in [1.82, 2.24) is 24.6 Å². The number of likely N-dealkylation sites (tertiary alicyclic amines) is 1. The van der Waals surface area contributed by atoms with Gasteiger partial charge in [0.2, 0.25) is 15.9 Å². The Labute approximate surface area is 153 Å². The van der Waals surface area contributed by atoms with Crippen LogP contribution in [0, 0.1) is 6.92 Å². The molecular formula is C17H23N5O3S. The number of aromatic nitrogens is 3. The van der Waals surface area contributed by atoms with Crippen LogP contribution in [-0.4, -0.2) is 53.9 Å². The number of amides is 1. The van der Waals surface area contributed by atoms with Gasteiger partial charge in [-0.2, -0.15) is 15.0 Å². The van der Waals surface area contributed by atoms with E-state index in [1.165, 1.54) is 0 Å². The van der Waals surface area contributed by atoms with Crippen LogP contribution in [0.15, 0.2) is 41.6 Å². The number of hydrogen-bond acceptors (Lipinski definition) is 5. The van der Waals surface area contributed by atoms with Crippen LogP contribution in [0.5, 0.6) is 0 Å². The van der Waals surface area contributed by atoms with Crippen molar-refractivity contribution in [3.63, 3.8) is 0 Å². The second kappa shape index (κ2) is 7.96. The van der Waals surface area contributed by atoms with Gasteiger partial charge in [0, 0.05) is 26.1 Å². The lowest BCUT2D eigenvalue weighted by Crippen LogP contribution is -2.40. The third-order valence-corrected chi connectivity index (χ3v) is 5.97. The molecule has 0 aliphatic carbocycles. The summed E-state index contributed by atoms with van der Waals surface area (Å²) in [4.78, 5) is 16.0. The number of aryl methyl sites for hydroxylation is 1. The van der Waals surface area contributed by atoms with Gasteiger partial charge in [0.05, 0.1) is 23.3 Å². The van der Waals surface area contributed by atoms with Gasteiger partial charge in [-0.3, -0.25) is 4.79 Å². The van der Waals surface area contributed by atoms with E-state index in [9.17, 15) is 13.2 Å². The minimum Gasteiger partial charge on any atom is -0.342 e. The number of rotatable bonds is 6. The van der Waals surface area contributed by atoms with E-state index in [4.69, 9.17) is 0 Å². The van der Waals surface area contributed by atoms with Crippen LogP contribution in [0.4, 0.5) is 0 Å². The highest BCUT2D eigenvalue weighted by Gasteiger charge is 2.24. The summed E-state index contributed by atoms with van der Waals surface area (Å²) in [6, 6.07) is 6.91. The van der Waals surface area contributed by atoms with Crippen LogP contribution >= 0.6 is 0 Å². The van der Waals surface area contributed by atoms with Gasteiger partial charge in [-0.1, -0.05) is 12.1 Å². The normalized spacial score (nSPS) is 16.0. The van der Waals surface area contributed by atoms with Crippen molar-refractivity contribution in [1.29, 1.82) is 0 Å². The molecule has 1 saturated heterocycles. The van der Waals surface area contributed by atoms with Crippen LogP contribution in [0.2, 0.25) is 0 Å². The fourth-order valence-corrected chi connectivity index (χ4v) is 4.21. The lowest BCUT2D eigenvalue weighted by atomic mass is 10.1. The maximum absolute atomic E-state index is 12.3. The summed E-state index contributed by atoms with van der Waals surface area (Å²) in [5.41, 5.74) is 0.874. The molecule has 26 heavy (non-hydrogen) atoms. The van der Waals surface area contributed by atoms with Crippen LogP contribution in [-0.2, 0) is 14.8 Å². The average molecular weight is 377 g/mol. The van der Waals surface area contributed by atoms with Crippen LogP contribution < -0.4 is 4.72 Å². The molecule has 1 aromatic carbocycles. The Kier molecular flexibility index (Phi) is 5.67. The summed E-state index contributed by atoms with van der Waals surface area (Å²) in [7, 11) is -3.59. The van der Waals surface area contributed by atoms with Gasteiger partial charge in [-0.05, 0) is 37.5 Å². The molecule has 0 unspecified atom stereocenters. The topological polar surface area (TPSA) is 97.2 Å². The first-order valence-electron chi connectivity index (χ1n) is 8.65. The smallest absolute Gasteiger partial charge is 0.240 e. The highest BCUT2D eigenvalue weighted by molar-refractivity contribution is 7.89. The van der Waals surface area contributed by atoms with Gasteiger partial charge in [0.15, 0.2) is 0 Å². The highest BCUT2D eigenvalue weighted by atomic mass is 32.2. The number of sulfonamides is 1. The summed E-state index contributed by atoms with van der Waals surface area (Å²) in [6.45, 7) is 3.20. The molecule has 140 valence electrons. The molecule has 1 aromatic heterocycles. The maximum Gasteiger partial charge on any atom is 0.240 e. The van der Waals surface area contributed by atoms with Crippen molar-refractivity contribution in [2.75, 3.05) is 19.6 Å². The number of piperidine rings is 1. The van der Waals surface area contributed by atoms with Gasteiger partial charge < -0.3 is 4.90 Å². The molecule has 1 fully saturated rings. The molecule has 1 N–H and O–H groups in total. The van der Waals surface area contributed by atoms with E-state index in [0.29, 0.717) is 13.1 Å². The van der Waals surface area contributed by atoms with Crippen LogP contribution in [0.3, 0.4) is 0 Å². The standard InChI is InChI=1S/C17H23N5O3S/c1-14-3-2-4-16(13-14)26(24,25)20-8-5-17(23)21-11-6-15(7-12-21)22-18-9-10-19-22/h2-4,9-10,13,15,20H,5-8,11-12H2,1H3. The fourth-order valence-electron chi connectivity index (χ4n) is 3.08. The molecule has 2 heterocycles. The number of hydrogen-bond donors (Lipinski definition) is 1. The minimum absolute atomic E-state index is 0.0381. The third-order valence-electron chi connectivity index (χ3n) is 4.51. The zero-order chi connectivity index (χ0) is 18.6. The molecule has 8 nitrogen and oxygen atoms in total. The van der Waals surface area contributed by atoms with Crippen LogP contribution in [0.1, 0.15) is 30.9 Å². The number of benzene rings is 1. The van der Waals surface area contributed by atoms with E-state index < -0.39 is 10.0 Å². The number of carbonyl (C=O) groups excluding carboxylic acids is 1. The number of nitrogens with zero attached hydrogens (tertiary/aromatic N) is 4. The predicted octanol–water partition coefficient (Wildman–Crippen LogP) is 1.12. The van der Waals surface area contributed by atoms with E-state index in [0.717, 1.165) is 18.4 Å². The fraction of sp³-hybridized carbons (Fsp3) is 0.471. The second-order valence-electron chi connectivity index (χ2n) is 6.43. The van der Waals surface area contributed by atoms with Gasteiger partial charge >= 0.3 is 0 Å². The maximum atomic E-state index is 12.3. The van der Waals surface area contributed by atoms with E-state index in [1.54, 1.807) is 40.3 Å². The van der Waals surface area contributed by atoms with Crippen molar-refractivity contribution in [3.8, 4) is 0 Å². The Bertz CT molecular complexity index is 843. The largest absolute Gasteiger partial charge is 0.342 e. The number of nitrogens with one attached hydrogen (secondary N) is 1. The molecule has 1 aliphatic heterocycles. The summed E-state index contributed by atoms with van der Waals surface area (Å²) >= 11 is 0. The molecule has 1 amide bonds. The van der Waals surface area contributed by atoms with Crippen molar-refractivity contribution in [2.24, 2.45) is 0 Å². The Morgan fingerprint density at radius 1 is 1.23 bits per heavy atom. The monoisotopic (exact) mass is 377 g/mol. The lowest BCUT2D eigenvalue weighted by Gasteiger charge is -2.31. The van der Waals surface area contributed by atoms with E-state index in [2.05, 4.69) is 14.9 Å². The Balaban J connectivity index is 1.46. The van der Waals surface area contributed by atoms with E-state index in [-0.39, 0.29) is 29.8 Å². The Morgan fingerprint density at radius 2 is 1.92 bits per heavy atom. The summed E-state index contributed by atoms with van der Waals surface area (Å²) < 4.78 is 27.0. The molecule has 1 aliphatic rings. The molecule has 0 saturated carbocycles. The van der Waals surface area contributed by atoms with Crippen molar-refractivity contribution in [3.05, 3.63) is 42.2 Å². The molecule has 9 heteroatoms. The quantitative estimate of drug-likeness (QED) is 0.814. The molecule has 0 spiro atoms. The zero-order valence-corrected chi connectivity index (χ0v) is 15.5. The minimum atomic E-state index is -3.59. The molecule has 3 rings (SSSR count). The molecule has 0 radical (unpaired) electrons. The average Bonchev–Trinajstić information content (AvgIpc) is 3.16. The van der Waals surface area contributed by atoms with Crippen molar-refractivity contribution >= 4 is 15.9 Å². The van der Waals surface area contributed by atoms with Gasteiger partial charge in [0.1, 0.15) is 0 Å². The molecular weight excluding hydrogens is 354 g/mol. The molecule has 0 atom stereocenters. The second-order valence-corrected chi connectivity index (χ2v) is 8.19. The summed E-state index contributed by atoms with van der Waals surface area (Å²) in [5.74, 6) is -0.0381. The summed E-state index contributed by atoms with van der Waals surface area (Å²) in [6.07, 6.45) is 5.05. The lowest BCUT2D eigenvalue weighted by molar-refractivity contribution is -0.132. The first-order valence-corrected chi connectivity index (χ1v) is 10.1. The first-order chi connectivity index (χ1) is 12.5. The van der Waals surface area contributed by atoms with Gasteiger partial charge in [-0.15, -0.1) is 0 Å². The van der Waals surface area contributed by atoms with Gasteiger partial charge in [0.25, 0.3) is 0 Å². The van der Waals surface area contributed by atoms with Gasteiger partial charge in [-0.25, -0.2) is 13.1 Å². The Morgan fingerprint density at radius 3 is 2.58 bits per heavy atom. The molecule has 0 bridgehead atoms. The summed E-state index contributed by atoms with van der Waals surface area (Å²) in [5, 5.41) is 8.29. The van der Waals surface area contributed by atoms with E-state index >= 15 is 0 Å². The van der Waals surface area contributed by atoms with Crippen molar-refractivity contribution < 1.29 is 13.2 Å². The van der Waals surface area contributed by atoms with Crippen molar-refractivity contribution in [2.45, 2.75) is 37.1 Å². The zero-order valence-electron chi connectivity index (χ0n) is 14.7. The highest BCUT2D eigenvalue weighted by Crippen LogP contribution is 2.21. The first kappa shape index (κ1) is 18.5. The Hall–Kier alpha value is -2.26. The predicted molar refractivity (Wildman–Crippen MR) is 95.9 cm³/mol.